The van der Waals surface area contributed by atoms with Gasteiger partial charge < -0.3 is 0 Å². The topological polar surface area (TPSA) is 12.9 Å². The molecule has 0 aliphatic carbocycles. The number of nitrogens with zero attached hydrogens (tertiary/aromatic N) is 1. The van der Waals surface area contributed by atoms with Crippen molar-refractivity contribution in [2.45, 2.75) is 0 Å². The Morgan fingerprint density at radius 1 is 1.06 bits per heavy atom. The van der Waals surface area contributed by atoms with Crippen molar-refractivity contribution in [1.29, 1.82) is 0 Å². The number of halogens is 4. The summed E-state index contributed by atoms with van der Waals surface area (Å²) < 4.78 is 1.04. The van der Waals surface area contributed by atoms with Crippen LogP contribution in [-0.2, 0) is 0 Å². The molecule has 2 rings (SSSR count). The molecule has 0 bridgehead atoms. The van der Waals surface area contributed by atoms with Gasteiger partial charge in [-0.2, -0.15) is 0 Å². The summed E-state index contributed by atoms with van der Waals surface area (Å²) in [4.78, 5) is 4.29. The average molecular weight is 384 g/mol. The Morgan fingerprint density at radius 3 is 2.25 bits per heavy atom. The monoisotopic (exact) mass is 383 g/mol. The lowest BCUT2D eigenvalue weighted by atomic mass is 10.1. The third-order valence-electron chi connectivity index (χ3n) is 2.02. The van der Waals surface area contributed by atoms with E-state index in [0.29, 0.717) is 15.1 Å². The summed E-state index contributed by atoms with van der Waals surface area (Å²) in [6, 6.07) is 7.38. The predicted octanol–water partition coefficient (Wildman–Crippen LogP) is 5.31. The van der Waals surface area contributed by atoms with Crippen molar-refractivity contribution in [3.63, 3.8) is 0 Å². The maximum atomic E-state index is 5.97. The van der Waals surface area contributed by atoms with Crippen LogP contribution in [0.3, 0.4) is 0 Å². The molecule has 0 aliphatic rings. The third kappa shape index (κ3) is 2.45. The highest BCUT2D eigenvalue weighted by Crippen LogP contribution is 2.35. The number of pyridine rings is 1. The van der Waals surface area contributed by atoms with Gasteiger partial charge >= 0.3 is 0 Å². The largest absolute Gasteiger partial charge is 0.255 e. The molecule has 1 nitrogen and oxygen atoms in total. The Hall–Kier alpha value is -0.0300. The van der Waals surface area contributed by atoms with Gasteiger partial charge in [0, 0.05) is 15.3 Å². The lowest BCUT2D eigenvalue weighted by Crippen LogP contribution is -1.87. The van der Waals surface area contributed by atoms with E-state index < -0.39 is 0 Å². The minimum Gasteiger partial charge on any atom is -0.255 e. The van der Waals surface area contributed by atoms with E-state index in [4.69, 9.17) is 34.8 Å². The van der Waals surface area contributed by atoms with Gasteiger partial charge in [0.05, 0.1) is 20.8 Å². The van der Waals surface area contributed by atoms with Gasteiger partial charge in [-0.3, -0.25) is 4.98 Å². The van der Waals surface area contributed by atoms with Gasteiger partial charge in [0.25, 0.3) is 0 Å². The van der Waals surface area contributed by atoms with Crippen molar-refractivity contribution in [3.8, 4) is 11.3 Å². The van der Waals surface area contributed by atoms with Crippen LogP contribution in [0.25, 0.3) is 11.3 Å². The highest BCUT2D eigenvalue weighted by Gasteiger charge is 2.10. The Morgan fingerprint density at radius 2 is 1.69 bits per heavy atom. The SMILES string of the molecule is Clc1cc(-c2ncccc2I)cc(Cl)c1Cl. The van der Waals surface area contributed by atoms with Crippen molar-refractivity contribution in [2.24, 2.45) is 0 Å². The number of benzene rings is 1. The van der Waals surface area contributed by atoms with Gasteiger partial charge in [0.15, 0.2) is 0 Å². The molecule has 0 unspecified atom stereocenters. The molecule has 0 spiro atoms. The fourth-order valence-corrected chi connectivity index (χ4v) is 2.54. The molecule has 0 saturated heterocycles. The van der Waals surface area contributed by atoms with Crippen LogP contribution in [0.1, 0.15) is 0 Å². The molecule has 5 heteroatoms. The highest BCUT2D eigenvalue weighted by atomic mass is 127. The molecule has 0 radical (unpaired) electrons. The van der Waals surface area contributed by atoms with Crippen molar-refractivity contribution in [1.82, 2.24) is 4.98 Å². The number of rotatable bonds is 1. The average Bonchev–Trinajstić information content (AvgIpc) is 2.26. The Labute approximate surface area is 122 Å². The first-order chi connectivity index (χ1) is 7.59. The molecule has 2 aromatic rings. The summed E-state index contributed by atoms with van der Waals surface area (Å²) in [7, 11) is 0. The first-order valence-corrected chi connectivity index (χ1v) is 6.56. The fourth-order valence-electron chi connectivity index (χ4n) is 1.29. The number of hydrogen-bond donors (Lipinski definition) is 0. The van der Waals surface area contributed by atoms with Gasteiger partial charge in [0.1, 0.15) is 0 Å². The van der Waals surface area contributed by atoms with Crippen LogP contribution in [-0.4, -0.2) is 4.98 Å². The molecule has 16 heavy (non-hydrogen) atoms. The van der Waals surface area contributed by atoms with Crippen molar-refractivity contribution >= 4 is 57.4 Å². The standard InChI is InChI=1S/C11H5Cl3IN/c12-7-4-6(5-8(13)10(7)14)11-9(15)2-1-3-16-11/h1-5H. The smallest absolute Gasteiger partial charge is 0.0836 e. The van der Waals surface area contributed by atoms with E-state index in [1.54, 1.807) is 18.3 Å². The molecule has 0 N–H and O–H groups in total. The summed E-state index contributed by atoms with van der Waals surface area (Å²) in [5, 5.41) is 1.24. The summed E-state index contributed by atoms with van der Waals surface area (Å²) in [5.74, 6) is 0. The van der Waals surface area contributed by atoms with Gasteiger partial charge in [-0.15, -0.1) is 0 Å². The first kappa shape index (κ1) is 12.4. The summed E-state index contributed by atoms with van der Waals surface area (Å²) >= 11 is 20.1. The molecule has 0 amide bonds. The quantitative estimate of drug-likeness (QED) is 0.479. The second-order valence-corrected chi connectivity index (χ2v) is 5.44. The second-order valence-electron chi connectivity index (χ2n) is 3.09. The van der Waals surface area contributed by atoms with Crippen LogP contribution >= 0.6 is 57.4 Å². The summed E-state index contributed by atoms with van der Waals surface area (Å²) in [6.07, 6.45) is 1.73. The van der Waals surface area contributed by atoms with E-state index >= 15 is 0 Å². The fraction of sp³-hybridized carbons (Fsp3) is 0. The molecule has 0 atom stereocenters. The molecule has 1 aromatic carbocycles. The molecule has 1 heterocycles. The molecule has 0 fully saturated rings. The van der Waals surface area contributed by atoms with Crippen LogP contribution in [0.5, 0.6) is 0 Å². The highest BCUT2D eigenvalue weighted by molar-refractivity contribution is 14.1. The molecular weight excluding hydrogens is 379 g/mol. The number of hydrogen-bond acceptors (Lipinski definition) is 1. The van der Waals surface area contributed by atoms with Crippen molar-refractivity contribution in [3.05, 3.63) is 49.1 Å². The van der Waals surface area contributed by atoms with Gasteiger partial charge in [-0.05, 0) is 46.9 Å². The van der Waals surface area contributed by atoms with Gasteiger partial charge in [-0.25, -0.2) is 0 Å². The molecular formula is C11H5Cl3IN. The zero-order chi connectivity index (χ0) is 11.7. The van der Waals surface area contributed by atoms with Gasteiger partial charge in [0.2, 0.25) is 0 Å². The minimum atomic E-state index is 0.373. The Bertz CT molecular complexity index is 519. The minimum absolute atomic E-state index is 0.373. The predicted molar refractivity (Wildman–Crippen MR) is 77.4 cm³/mol. The zero-order valence-corrected chi connectivity index (χ0v) is 12.3. The van der Waals surface area contributed by atoms with E-state index in [0.717, 1.165) is 14.8 Å². The molecule has 1 aromatic heterocycles. The summed E-state index contributed by atoms with van der Waals surface area (Å²) in [5.41, 5.74) is 1.72. The Balaban J connectivity index is 2.62. The van der Waals surface area contributed by atoms with Crippen molar-refractivity contribution in [2.75, 3.05) is 0 Å². The van der Waals surface area contributed by atoms with Crippen LogP contribution < -0.4 is 0 Å². The molecule has 0 saturated carbocycles. The normalized spacial score (nSPS) is 10.5. The van der Waals surface area contributed by atoms with Crippen LogP contribution in [0, 0.1) is 3.57 Å². The summed E-state index contributed by atoms with van der Waals surface area (Å²) in [6.45, 7) is 0. The second kappa shape index (κ2) is 5.08. The maximum absolute atomic E-state index is 5.97. The van der Waals surface area contributed by atoms with Crippen LogP contribution in [0.4, 0.5) is 0 Å². The lowest BCUT2D eigenvalue weighted by Gasteiger charge is -2.06. The molecule has 82 valence electrons. The van der Waals surface area contributed by atoms with Gasteiger partial charge in [-0.1, -0.05) is 34.8 Å². The van der Waals surface area contributed by atoms with E-state index in [1.807, 2.05) is 12.1 Å². The lowest BCUT2D eigenvalue weighted by molar-refractivity contribution is 1.31. The third-order valence-corrected chi connectivity index (χ3v) is 4.08. The van der Waals surface area contributed by atoms with E-state index in [2.05, 4.69) is 27.6 Å². The van der Waals surface area contributed by atoms with Crippen LogP contribution in [0.2, 0.25) is 15.1 Å². The molecule has 0 aliphatic heterocycles. The van der Waals surface area contributed by atoms with E-state index in [9.17, 15) is 0 Å². The maximum Gasteiger partial charge on any atom is 0.0836 e. The first-order valence-electron chi connectivity index (χ1n) is 4.35. The number of aromatic nitrogens is 1. The zero-order valence-electron chi connectivity index (χ0n) is 7.85. The van der Waals surface area contributed by atoms with E-state index in [1.165, 1.54) is 0 Å². The van der Waals surface area contributed by atoms with E-state index in [-0.39, 0.29) is 0 Å². The Kier molecular flexibility index (Phi) is 3.95. The van der Waals surface area contributed by atoms with Crippen LogP contribution in [0.15, 0.2) is 30.5 Å². The van der Waals surface area contributed by atoms with Crippen molar-refractivity contribution < 1.29 is 0 Å².